The highest BCUT2D eigenvalue weighted by molar-refractivity contribution is 4.83. The van der Waals surface area contributed by atoms with Gasteiger partial charge in [0.15, 0.2) is 0 Å². The summed E-state index contributed by atoms with van der Waals surface area (Å²) < 4.78 is 0. The summed E-state index contributed by atoms with van der Waals surface area (Å²) in [6.45, 7) is 8.55. The van der Waals surface area contributed by atoms with E-state index in [4.69, 9.17) is 0 Å². The van der Waals surface area contributed by atoms with Gasteiger partial charge in [-0.2, -0.15) is 0 Å². The number of rotatable bonds is 4. The Bertz CT molecular complexity index is 212. The number of hydrogen-bond acceptors (Lipinski definition) is 3. The molecule has 0 aromatic rings. The average Bonchev–Trinajstić information content (AvgIpc) is 2.62. The maximum Gasteiger partial charge on any atom is 0.0223 e. The molecule has 0 amide bonds. The normalized spacial score (nSPS) is 31.9. The van der Waals surface area contributed by atoms with Crippen molar-refractivity contribution in [1.29, 1.82) is 0 Å². The molecule has 0 aliphatic carbocycles. The molecule has 2 atom stereocenters. The third-order valence-corrected chi connectivity index (χ3v) is 4.57. The van der Waals surface area contributed by atoms with Crippen molar-refractivity contribution in [3.05, 3.63) is 0 Å². The first-order valence-corrected chi connectivity index (χ1v) is 7.46. The van der Waals surface area contributed by atoms with Gasteiger partial charge in [-0.3, -0.25) is 4.90 Å². The number of nitrogens with one attached hydrogen (secondary N) is 1. The Kier molecular flexibility index (Phi) is 5.26. The Morgan fingerprint density at radius 2 is 2.06 bits per heavy atom. The minimum atomic E-state index is 0.810. The van der Waals surface area contributed by atoms with Crippen molar-refractivity contribution < 1.29 is 0 Å². The largest absolute Gasteiger partial charge is 0.317 e. The number of likely N-dealkylation sites (tertiary alicyclic amines) is 1. The summed E-state index contributed by atoms with van der Waals surface area (Å²) in [7, 11) is 2.34. The zero-order valence-electron chi connectivity index (χ0n) is 11.6. The summed E-state index contributed by atoms with van der Waals surface area (Å²) in [6, 6.07) is 1.63. The third-order valence-electron chi connectivity index (χ3n) is 4.57. The second-order valence-corrected chi connectivity index (χ2v) is 5.70. The van der Waals surface area contributed by atoms with Gasteiger partial charge >= 0.3 is 0 Å². The summed E-state index contributed by atoms with van der Waals surface area (Å²) in [4.78, 5) is 5.29. The lowest BCUT2D eigenvalue weighted by Crippen LogP contribution is -2.43. The van der Waals surface area contributed by atoms with E-state index in [0.29, 0.717) is 0 Å². The molecule has 2 heterocycles. The Morgan fingerprint density at radius 3 is 2.88 bits per heavy atom. The van der Waals surface area contributed by atoms with Gasteiger partial charge in [-0.25, -0.2) is 0 Å². The maximum atomic E-state index is 3.51. The highest BCUT2D eigenvalue weighted by Crippen LogP contribution is 2.20. The Labute approximate surface area is 107 Å². The van der Waals surface area contributed by atoms with Crippen LogP contribution in [0.15, 0.2) is 0 Å². The molecule has 1 N–H and O–H groups in total. The van der Waals surface area contributed by atoms with Crippen LogP contribution in [0.1, 0.15) is 39.0 Å². The first kappa shape index (κ1) is 13.3. The molecular weight excluding hydrogens is 210 g/mol. The Hall–Kier alpha value is -0.120. The van der Waals surface area contributed by atoms with Crippen molar-refractivity contribution >= 4 is 0 Å². The molecule has 2 fully saturated rings. The predicted molar refractivity (Wildman–Crippen MR) is 73.4 cm³/mol. The van der Waals surface area contributed by atoms with E-state index < -0.39 is 0 Å². The lowest BCUT2D eigenvalue weighted by atomic mass is 10.1. The van der Waals surface area contributed by atoms with Crippen LogP contribution in [0.2, 0.25) is 0 Å². The van der Waals surface area contributed by atoms with E-state index >= 15 is 0 Å². The SMILES string of the molecule is CCN1CCCC1CN(C)C1CCCNCC1. The van der Waals surface area contributed by atoms with Gasteiger partial charge in [0.05, 0.1) is 0 Å². The standard InChI is InChI=1S/C14H29N3/c1-3-17-11-5-7-14(17)12-16(2)13-6-4-9-15-10-8-13/h13-15H,3-12H2,1-2H3. The summed E-state index contributed by atoms with van der Waals surface area (Å²) in [5, 5.41) is 3.51. The fraction of sp³-hybridized carbons (Fsp3) is 1.00. The van der Waals surface area contributed by atoms with Gasteiger partial charge in [0.1, 0.15) is 0 Å². The zero-order valence-corrected chi connectivity index (χ0v) is 11.6. The molecule has 2 rings (SSSR count). The summed E-state index contributed by atoms with van der Waals surface area (Å²) in [5.74, 6) is 0. The molecule has 0 saturated carbocycles. The lowest BCUT2D eigenvalue weighted by Gasteiger charge is -2.32. The highest BCUT2D eigenvalue weighted by atomic mass is 15.2. The van der Waals surface area contributed by atoms with Crippen LogP contribution in [0, 0.1) is 0 Å². The van der Waals surface area contributed by atoms with Gasteiger partial charge in [0.2, 0.25) is 0 Å². The monoisotopic (exact) mass is 239 g/mol. The molecule has 3 nitrogen and oxygen atoms in total. The molecule has 2 aliphatic heterocycles. The van der Waals surface area contributed by atoms with E-state index in [1.807, 2.05) is 0 Å². The van der Waals surface area contributed by atoms with Gasteiger partial charge in [0, 0.05) is 18.6 Å². The van der Waals surface area contributed by atoms with Crippen molar-refractivity contribution in [3.8, 4) is 0 Å². The average molecular weight is 239 g/mol. The van der Waals surface area contributed by atoms with Crippen LogP contribution in [-0.4, -0.2) is 61.7 Å². The van der Waals surface area contributed by atoms with Crippen LogP contribution < -0.4 is 5.32 Å². The first-order valence-electron chi connectivity index (χ1n) is 7.46. The summed E-state index contributed by atoms with van der Waals surface area (Å²) in [5.41, 5.74) is 0. The molecule has 0 spiro atoms. The molecule has 2 unspecified atom stereocenters. The number of likely N-dealkylation sites (N-methyl/N-ethyl adjacent to an activating group) is 2. The van der Waals surface area contributed by atoms with Crippen LogP contribution >= 0.6 is 0 Å². The van der Waals surface area contributed by atoms with E-state index in [1.54, 1.807) is 0 Å². The van der Waals surface area contributed by atoms with Crippen molar-refractivity contribution in [1.82, 2.24) is 15.1 Å². The van der Waals surface area contributed by atoms with Crippen LogP contribution in [0.4, 0.5) is 0 Å². The lowest BCUT2D eigenvalue weighted by molar-refractivity contribution is 0.155. The predicted octanol–water partition coefficient (Wildman–Crippen LogP) is 1.54. The highest BCUT2D eigenvalue weighted by Gasteiger charge is 2.26. The third kappa shape index (κ3) is 3.67. The smallest absolute Gasteiger partial charge is 0.0223 e. The number of hydrogen-bond donors (Lipinski definition) is 1. The van der Waals surface area contributed by atoms with Gasteiger partial charge in [-0.1, -0.05) is 6.92 Å². The van der Waals surface area contributed by atoms with Crippen LogP contribution in [-0.2, 0) is 0 Å². The number of nitrogens with zero attached hydrogens (tertiary/aromatic N) is 2. The van der Waals surface area contributed by atoms with Gasteiger partial charge in [-0.15, -0.1) is 0 Å². The molecule has 100 valence electrons. The zero-order chi connectivity index (χ0) is 12.1. The van der Waals surface area contributed by atoms with Crippen LogP contribution in [0.5, 0.6) is 0 Å². The van der Waals surface area contributed by atoms with Gasteiger partial charge in [-0.05, 0) is 65.3 Å². The molecule has 2 aliphatic rings. The van der Waals surface area contributed by atoms with Crippen molar-refractivity contribution in [2.75, 3.05) is 39.8 Å². The van der Waals surface area contributed by atoms with Gasteiger partial charge < -0.3 is 10.2 Å². The second-order valence-electron chi connectivity index (χ2n) is 5.70. The molecule has 0 bridgehead atoms. The van der Waals surface area contributed by atoms with E-state index in [1.165, 1.54) is 64.8 Å². The summed E-state index contributed by atoms with van der Waals surface area (Å²) in [6.07, 6.45) is 6.86. The van der Waals surface area contributed by atoms with Crippen molar-refractivity contribution in [3.63, 3.8) is 0 Å². The minimum Gasteiger partial charge on any atom is -0.317 e. The molecular formula is C14H29N3. The Morgan fingerprint density at radius 1 is 1.18 bits per heavy atom. The molecule has 0 aromatic heterocycles. The van der Waals surface area contributed by atoms with E-state index in [-0.39, 0.29) is 0 Å². The molecule has 0 aromatic carbocycles. The molecule has 17 heavy (non-hydrogen) atoms. The van der Waals surface area contributed by atoms with E-state index in [0.717, 1.165) is 12.1 Å². The van der Waals surface area contributed by atoms with Crippen LogP contribution in [0.25, 0.3) is 0 Å². The van der Waals surface area contributed by atoms with Crippen molar-refractivity contribution in [2.45, 2.75) is 51.1 Å². The fourth-order valence-corrected chi connectivity index (χ4v) is 3.44. The topological polar surface area (TPSA) is 18.5 Å². The molecule has 2 saturated heterocycles. The maximum absolute atomic E-state index is 3.51. The fourth-order valence-electron chi connectivity index (χ4n) is 3.44. The Balaban J connectivity index is 1.80. The van der Waals surface area contributed by atoms with E-state index in [2.05, 4.69) is 29.1 Å². The molecule has 0 radical (unpaired) electrons. The second kappa shape index (κ2) is 6.72. The quantitative estimate of drug-likeness (QED) is 0.803. The first-order chi connectivity index (χ1) is 8.31. The van der Waals surface area contributed by atoms with Crippen molar-refractivity contribution in [2.24, 2.45) is 0 Å². The van der Waals surface area contributed by atoms with Gasteiger partial charge in [0.25, 0.3) is 0 Å². The van der Waals surface area contributed by atoms with Crippen LogP contribution in [0.3, 0.4) is 0 Å². The summed E-state index contributed by atoms with van der Waals surface area (Å²) >= 11 is 0. The van der Waals surface area contributed by atoms with E-state index in [9.17, 15) is 0 Å². The minimum absolute atomic E-state index is 0.810. The molecule has 3 heteroatoms.